The lowest BCUT2D eigenvalue weighted by Gasteiger charge is -2.33. The molecule has 0 saturated carbocycles. The third kappa shape index (κ3) is 9.97. The fraction of sp³-hybridized carbons (Fsp3) is 0.541. The number of carbonyl (C=O) groups is 3. The summed E-state index contributed by atoms with van der Waals surface area (Å²) in [6, 6.07) is 10.5. The van der Waals surface area contributed by atoms with E-state index in [1.807, 2.05) is 0 Å². The van der Waals surface area contributed by atoms with Crippen molar-refractivity contribution in [3.63, 3.8) is 0 Å². The van der Waals surface area contributed by atoms with Crippen molar-refractivity contribution < 1.29 is 46.9 Å². The Morgan fingerprint density at radius 3 is 2.32 bits per heavy atom. The number of benzene rings is 1. The Morgan fingerprint density at radius 2 is 1.68 bits per heavy atom. The molecule has 18 nitrogen and oxygen atoms in total. The SMILES string of the molecule is C/N=C\[C@]1(CO[P@@](=O)(N[C@@H](C)C(=O)OC)Oc2ccccc2)O[C@@H](c2ccc3c(/N=C/N4CCN(C)CC4)ncnn23)[C@H](OC(=O)C(C)C)[C@@H]1OC(=O)C(C)C. The standard InChI is InChI=1S/C37H51N8O10P/c1-24(2)34(46)52-31-30(28-14-15-29-33(39-22-41-45(28)29)40-23-44-18-16-43(7)17-19-44)54-37(20-38-6,32(31)53-35(47)25(3)4)21-51-56(49,42-26(5)36(48)50-8)55-27-12-10-9-11-13-27/h9-15,20,22-26,30-32H,16-19,21H2,1-8H3,(H,42,49)/b38-20-,40-23+/t26-,30-,31-,32-,37+,56-/m0/s1. The van der Waals surface area contributed by atoms with Crippen LogP contribution < -0.4 is 9.61 Å². The lowest BCUT2D eigenvalue weighted by Crippen LogP contribution is -2.52. The van der Waals surface area contributed by atoms with Crippen LogP contribution in [0.4, 0.5) is 5.82 Å². The number of hydrogen-bond donors (Lipinski definition) is 1. The molecule has 3 aromatic rings. The number of rotatable bonds is 16. The number of likely N-dealkylation sites (N-methyl/N-ethyl adjacent to an activating group) is 1. The molecule has 4 heterocycles. The number of nitrogens with one attached hydrogen (secondary N) is 1. The second kappa shape index (κ2) is 18.5. The first-order valence-corrected chi connectivity index (χ1v) is 19.9. The van der Waals surface area contributed by atoms with Crippen LogP contribution in [-0.4, -0.2) is 133 Å². The van der Waals surface area contributed by atoms with Crippen LogP contribution >= 0.6 is 7.75 Å². The van der Waals surface area contributed by atoms with Gasteiger partial charge in [-0.3, -0.25) is 23.9 Å². The van der Waals surface area contributed by atoms with Gasteiger partial charge in [0.2, 0.25) is 0 Å². The summed E-state index contributed by atoms with van der Waals surface area (Å²) in [7, 11) is 0.267. The average Bonchev–Trinajstić information content (AvgIpc) is 3.73. The molecular formula is C37H51N8O10P. The first kappa shape index (κ1) is 42.4. The topological polar surface area (TPSA) is 197 Å². The average molecular weight is 799 g/mol. The summed E-state index contributed by atoms with van der Waals surface area (Å²) in [6.45, 7) is 10.9. The van der Waals surface area contributed by atoms with E-state index in [9.17, 15) is 18.9 Å². The monoisotopic (exact) mass is 798 g/mol. The normalized spacial score (nSPS) is 23.5. The van der Waals surface area contributed by atoms with Crippen molar-refractivity contribution in [2.24, 2.45) is 21.8 Å². The van der Waals surface area contributed by atoms with Crippen molar-refractivity contribution >= 4 is 49.5 Å². The highest BCUT2D eigenvalue weighted by molar-refractivity contribution is 7.52. The zero-order chi connectivity index (χ0) is 40.6. The molecule has 0 aliphatic carbocycles. The summed E-state index contributed by atoms with van der Waals surface area (Å²) in [5.74, 6) is -2.59. The molecule has 304 valence electrons. The quantitative estimate of drug-likeness (QED) is 0.0725. The molecule has 0 unspecified atom stereocenters. The minimum atomic E-state index is -4.46. The maximum Gasteiger partial charge on any atom is 0.459 e. The van der Waals surface area contributed by atoms with E-state index in [0.717, 1.165) is 26.2 Å². The molecule has 0 bridgehead atoms. The number of carbonyl (C=O) groups excluding carboxylic acids is 3. The molecular weight excluding hydrogens is 747 g/mol. The molecule has 2 aliphatic rings. The molecule has 19 heteroatoms. The minimum Gasteiger partial charge on any atom is -0.468 e. The highest BCUT2D eigenvalue weighted by Gasteiger charge is 2.61. The Morgan fingerprint density at radius 1 is 1.00 bits per heavy atom. The van der Waals surface area contributed by atoms with E-state index in [0.29, 0.717) is 17.0 Å². The zero-order valence-electron chi connectivity index (χ0n) is 32.9. The first-order chi connectivity index (χ1) is 26.7. The number of aromatic nitrogens is 3. The lowest BCUT2D eigenvalue weighted by atomic mass is 9.94. The predicted octanol–water partition coefficient (Wildman–Crippen LogP) is 3.64. The van der Waals surface area contributed by atoms with Crippen molar-refractivity contribution in [3.8, 4) is 5.75 Å². The predicted molar refractivity (Wildman–Crippen MR) is 206 cm³/mol. The van der Waals surface area contributed by atoms with Gasteiger partial charge in [-0.2, -0.15) is 10.2 Å². The number of fused-ring (bicyclic) bond motifs is 1. The fourth-order valence-electron chi connectivity index (χ4n) is 6.03. The molecule has 2 saturated heterocycles. The molecule has 2 fully saturated rings. The molecule has 6 atom stereocenters. The Labute approximate surface area is 326 Å². The van der Waals surface area contributed by atoms with Crippen LogP contribution in [0.3, 0.4) is 0 Å². The molecule has 2 aromatic heterocycles. The molecule has 0 spiro atoms. The van der Waals surface area contributed by atoms with Crippen molar-refractivity contribution in [3.05, 3.63) is 54.5 Å². The van der Waals surface area contributed by atoms with Crippen molar-refractivity contribution in [2.75, 3.05) is 54.0 Å². The Hall–Kier alpha value is -4.74. The summed E-state index contributed by atoms with van der Waals surface area (Å²) in [5, 5.41) is 7.12. The van der Waals surface area contributed by atoms with Gasteiger partial charge < -0.3 is 33.3 Å². The number of ether oxygens (including phenoxy) is 4. The second-order valence-electron chi connectivity index (χ2n) is 14.2. The van der Waals surface area contributed by atoms with Gasteiger partial charge >= 0.3 is 25.7 Å². The number of para-hydroxylation sites is 1. The van der Waals surface area contributed by atoms with Gasteiger partial charge in [-0.25, -0.2) is 19.1 Å². The molecule has 2 aliphatic heterocycles. The van der Waals surface area contributed by atoms with E-state index >= 15 is 0 Å². The van der Waals surface area contributed by atoms with Gasteiger partial charge in [0.25, 0.3) is 0 Å². The number of esters is 3. The number of hydrogen-bond acceptors (Lipinski definition) is 15. The Balaban J connectivity index is 1.59. The maximum absolute atomic E-state index is 14.5. The fourth-order valence-corrected chi connectivity index (χ4v) is 7.56. The summed E-state index contributed by atoms with van der Waals surface area (Å²) in [5.41, 5.74) is -0.920. The van der Waals surface area contributed by atoms with Crippen molar-refractivity contribution in [1.29, 1.82) is 0 Å². The molecule has 1 aromatic carbocycles. The second-order valence-corrected chi connectivity index (χ2v) is 15.9. The molecule has 0 amide bonds. The molecule has 1 N–H and O–H groups in total. The smallest absolute Gasteiger partial charge is 0.459 e. The van der Waals surface area contributed by atoms with Crippen LogP contribution in [0.2, 0.25) is 0 Å². The van der Waals surface area contributed by atoms with E-state index in [1.165, 1.54) is 33.6 Å². The largest absolute Gasteiger partial charge is 0.468 e. The lowest BCUT2D eigenvalue weighted by molar-refractivity contribution is -0.173. The number of aliphatic imine (C=N–C) groups is 2. The summed E-state index contributed by atoms with van der Waals surface area (Å²) in [6.07, 6.45) is 0.591. The van der Waals surface area contributed by atoms with Gasteiger partial charge in [0.15, 0.2) is 23.6 Å². The number of nitrogens with zero attached hydrogens (tertiary/aromatic N) is 7. The summed E-state index contributed by atoms with van der Waals surface area (Å²) < 4.78 is 51.9. The molecule has 5 rings (SSSR count). The minimum absolute atomic E-state index is 0.167. The third-order valence-electron chi connectivity index (χ3n) is 9.18. The van der Waals surface area contributed by atoms with Gasteiger partial charge in [0, 0.05) is 39.4 Å². The van der Waals surface area contributed by atoms with Gasteiger partial charge in [0.1, 0.15) is 29.7 Å². The van der Waals surface area contributed by atoms with E-state index in [-0.39, 0.29) is 5.75 Å². The van der Waals surface area contributed by atoms with Crippen LogP contribution in [0.1, 0.15) is 46.4 Å². The van der Waals surface area contributed by atoms with Gasteiger partial charge in [0.05, 0.1) is 37.6 Å². The van der Waals surface area contributed by atoms with Crippen LogP contribution in [0.15, 0.2) is 58.8 Å². The Bertz CT molecular complexity index is 1930. The van der Waals surface area contributed by atoms with Crippen LogP contribution in [0, 0.1) is 11.8 Å². The third-order valence-corrected chi connectivity index (χ3v) is 10.8. The number of methoxy groups -OCH3 is 1. The van der Waals surface area contributed by atoms with Gasteiger partial charge in [-0.1, -0.05) is 45.9 Å². The van der Waals surface area contributed by atoms with Gasteiger partial charge in [-0.05, 0) is 38.2 Å². The Kier molecular flexibility index (Phi) is 14.0. The molecule has 0 radical (unpaired) electrons. The van der Waals surface area contributed by atoms with E-state index < -0.39 is 74.1 Å². The van der Waals surface area contributed by atoms with E-state index in [1.54, 1.807) is 81.0 Å². The highest BCUT2D eigenvalue weighted by Crippen LogP contribution is 2.50. The number of piperazine rings is 1. The first-order valence-electron chi connectivity index (χ1n) is 18.4. The van der Waals surface area contributed by atoms with Crippen LogP contribution in [0.25, 0.3) is 5.52 Å². The van der Waals surface area contributed by atoms with Crippen LogP contribution in [-0.2, 0) is 42.4 Å². The van der Waals surface area contributed by atoms with Crippen LogP contribution in [0.5, 0.6) is 5.75 Å². The summed E-state index contributed by atoms with van der Waals surface area (Å²) in [4.78, 5) is 56.9. The maximum atomic E-state index is 14.5. The van der Waals surface area contributed by atoms with Crippen molar-refractivity contribution in [1.82, 2.24) is 29.5 Å². The van der Waals surface area contributed by atoms with E-state index in [4.69, 9.17) is 28.0 Å². The summed E-state index contributed by atoms with van der Waals surface area (Å²) >= 11 is 0. The van der Waals surface area contributed by atoms with Crippen molar-refractivity contribution in [2.45, 2.75) is 64.6 Å². The highest BCUT2D eigenvalue weighted by atomic mass is 31.2. The van der Waals surface area contributed by atoms with Gasteiger partial charge in [-0.15, -0.1) is 0 Å². The van der Waals surface area contributed by atoms with E-state index in [2.05, 4.69) is 42.0 Å². The molecule has 56 heavy (non-hydrogen) atoms. The zero-order valence-corrected chi connectivity index (χ0v) is 33.8.